The molecule has 3 aliphatic rings. The van der Waals surface area contributed by atoms with Crippen LogP contribution in [0.25, 0.3) is 10.9 Å². The first kappa shape index (κ1) is 55.2. The first-order valence-electron chi connectivity index (χ1n) is 22.7. The molecule has 0 spiro atoms. The van der Waals surface area contributed by atoms with Crippen LogP contribution in [0.2, 0.25) is 0 Å². The summed E-state index contributed by atoms with van der Waals surface area (Å²) in [5.74, 6) is -10.8. The van der Waals surface area contributed by atoms with E-state index >= 15 is 0 Å². The smallest absolute Gasteiger partial charge is 0.320 e. The fraction of sp³-hybridized carbons (Fsp3) is 0.628. The van der Waals surface area contributed by atoms with Crippen LogP contribution in [0, 0.1) is 0 Å². The van der Waals surface area contributed by atoms with E-state index in [9.17, 15) is 75.1 Å². The fourth-order valence-corrected chi connectivity index (χ4v) is 9.58. The number of benzene rings is 1. The van der Waals surface area contributed by atoms with Crippen LogP contribution in [0.5, 0.6) is 5.75 Å². The van der Waals surface area contributed by atoms with Crippen LogP contribution in [-0.4, -0.2) is 258 Å². The number of amides is 3. The van der Waals surface area contributed by atoms with Gasteiger partial charge >= 0.3 is 34.1 Å². The maximum atomic E-state index is 14.1. The molecule has 70 heavy (non-hydrogen) atoms. The Bertz CT molecular complexity index is 2280. The maximum absolute atomic E-state index is 14.1. The average Bonchev–Trinajstić information content (AvgIpc) is 3.58. The molecule has 3 amide bonds. The van der Waals surface area contributed by atoms with Crippen molar-refractivity contribution in [2.75, 3.05) is 130 Å². The predicted octanol–water partition coefficient (Wildman–Crippen LogP) is -0.878. The summed E-state index contributed by atoms with van der Waals surface area (Å²) in [5.41, 5.74) is 0.515. The molecule has 0 bridgehead atoms. The van der Waals surface area contributed by atoms with E-state index in [1.165, 1.54) is 12.3 Å². The van der Waals surface area contributed by atoms with Crippen molar-refractivity contribution < 1.29 is 79.8 Å². The van der Waals surface area contributed by atoms with E-state index in [0.29, 0.717) is 60.7 Å². The molecule has 3 saturated heterocycles. The first-order valence-corrected chi connectivity index (χ1v) is 24.3. The lowest BCUT2D eigenvalue weighted by molar-refractivity contribution is -0.145. The molecule has 0 saturated carbocycles. The summed E-state index contributed by atoms with van der Waals surface area (Å²) in [5, 5.41) is 41.6. The third kappa shape index (κ3) is 17.6. The molecule has 1 aromatic heterocycles. The molecule has 2 unspecified atom stereocenters. The highest BCUT2D eigenvalue weighted by molar-refractivity contribution is 7.86. The lowest BCUT2D eigenvalue weighted by Crippen LogP contribution is -2.52. The number of nitrogens with zero attached hydrogens (tertiary/aromatic N) is 8. The molecule has 0 aliphatic carbocycles. The topological polar surface area (TPSA) is 291 Å². The Balaban J connectivity index is 1.09. The number of likely N-dealkylation sites (tertiary alicyclic amines) is 1. The number of aliphatic carboxylic acids is 4. The number of alkyl halides is 2. The lowest BCUT2D eigenvalue weighted by Gasteiger charge is -2.36. The van der Waals surface area contributed by atoms with E-state index in [1.54, 1.807) is 42.7 Å². The van der Waals surface area contributed by atoms with Crippen molar-refractivity contribution in [2.45, 2.75) is 43.7 Å². The quantitative estimate of drug-likeness (QED) is 0.0750. The summed E-state index contributed by atoms with van der Waals surface area (Å²) in [6, 6.07) is 3.54. The zero-order chi connectivity index (χ0) is 51.2. The van der Waals surface area contributed by atoms with Gasteiger partial charge in [-0.05, 0) is 37.1 Å². The van der Waals surface area contributed by atoms with Crippen LogP contribution in [0.15, 0.2) is 30.5 Å². The standard InChI is InChI=1S/C43H60F3N9O14S/c44-43(45)23-30(28-70(46,67)68)55(29-43)37(57)24-48-41(64)32-6-7-47-34-3-2-31(22-33(32)34)69-21-1-8-49-13-19-54(20-14-49)36(56)5-4-35(42(65)66)53-17-15-51(26-39(60)61)11-9-50(25-38(58)59)10-12-52(16-18-53)27-40(62)63/h2-3,6-7,22,30,35H,1,4-5,8-21,23-29H2,(H,48,64)(H,58,59)(H,60,61)(H,62,63)(H,65,66). The molecule has 3 fully saturated rings. The fourth-order valence-electron chi connectivity index (χ4n) is 8.83. The number of carbonyl (C=O) groups is 7. The van der Waals surface area contributed by atoms with Crippen molar-refractivity contribution in [2.24, 2.45) is 0 Å². The van der Waals surface area contributed by atoms with Gasteiger partial charge < -0.3 is 40.3 Å². The second kappa shape index (κ2) is 25.4. The normalized spacial score (nSPS) is 20.0. The van der Waals surface area contributed by atoms with E-state index in [2.05, 4.69) is 15.2 Å². The van der Waals surface area contributed by atoms with E-state index in [1.807, 2.05) is 0 Å². The van der Waals surface area contributed by atoms with Crippen LogP contribution in [0.1, 0.15) is 36.0 Å². The van der Waals surface area contributed by atoms with Crippen molar-refractivity contribution in [3.05, 3.63) is 36.0 Å². The highest BCUT2D eigenvalue weighted by Gasteiger charge is 2.48. The average molecular weight is 1020 g/mol. The molecule has 3 aliphatic heterocycles. The van der Waals surface area contributed by atoms with Crippen molar-refractivity contribution in [3.63, 3.8) is 0 Å². The Morgan fingerprint density at radius 2 is 1.33 bits per heavy atom. The molecule has 2 aromatic rings. The third-order valence-electron chi connectivity index (χ3n) is 12.4. The molecule has 1 aromatic carbocycles. The van der Waals surface area contributed by atoms with Crippen molar-refractivity contribution in [1.29, 1.82) is 0 Å². The number of nitrogens with one attached hydrogen (secondary N) is 1. The van der Waals surface area contributed by atoms with Crippen molar-refractivity contribution >= 4 is 62.7 Å². The van der Waals surface area contributed by atoms with Crippen molar-refractivity contribution in [3.8, 4) is 5.75 Å². The van der Waals surface area contributed by atoms with Crippen LogP contribution >= 0.6 is 0 Å². The van der Waals surface area contributed by atoms with E-state index in [0.717, 1.165) is 0 Å². The number of rotatable bonds is 21. The Kier molecular flexibility index (Phi) is 20.0. The minimum atomic E-state index is -5.16. The number of hydrogen-bond acceptors (Lipinski definition) is 16. The van der Waals surface area contributed by atoms with Gasteiger partial charge in [0.05, 0.1) is 56.5 Å². The van der Waals surface area contributed by atoms with Gasteiger partial charge in [0.1, 0.15) is 17.5 Å². The summed E-state index contributed by atoms with van der Waals surface area (Å²) >= 11 is 0. The van der Waals surface area contributed by atoms with Gasteiger partial charge in [0.2, 0.25) is 11.8 Å². The van der Waals surface area contributed by atoms with Gasteiger partial charge in [-0.1, -0.05) is 0 Å². The second-order valence-corrected chi connectivity index (χ2v) is 18.9. The maximum Gasteiger partial charge on any atom is 0.320 e. The Hall–Kier alpha value is -5.74. The number of carbonyl (C=O) groups excluding carboxylic acids is 3. The van der Waals surface area contributed by atoms with Crippen molar-refractivity contribution in [1.82, 2.24) is 44.6 Å². The predicted molar refractivity (Wildman–Crippen MR) is 242 cm³/mol. The zero-order valence-electron chi connectivity index (χ0n) is 38.5. The molecular formula is C43H60F3N9O14S. The number of carboxylic acids is 4. The Labute approximate surface area is 401 Å². The summed E-state index contributed by atoms with van der Waals surface area (Å²) < 4.78 is 69.7. The molecule has 5 N–H and O–H groups in total. The molecule has 0 radical (unpaired) electrons. The zero-order valence-corrected chi connectivity index (χ0v) is 39.3. The number of pyridine rings is 1. The molecule has 23 nitrogen and oxygen atoms in total. The second-order valence-electron chi connectivity index (χ2n) is 17.5. The monoisotopic (exact) mass is 1020 g/mol. The number of hydrogen-bond donors (Lipinski definition) is 5. The molecule has 4 heterocycles. The number of aromatic nitrogens is 1. The number of piperazine rings is 1. The Morgan fingerprint density at radius 3 is 1.87 bits per heavy atom. The number of halogens is 3. The molecule has 27 heteroatoms. The summed E-state index contributed by atoms with van der Waals surface area (Å²) in [6.07, 6.45) is 0.790. The number of fused-ring (bicyclic) bond motifs is 1. The van der Waals surface area contributed by atoms with E-state index in [-0.39, 0.29) is 103 Å². The molecule has 2 atom stereocenters. The van der Waals surface area contributed by atoms with Crippen LogP contribution < -0.4 is 10.1 Å². The molecular weight excluding hydrogens is 956 g/mol. The first-order chi connectivity index (χ1) is 33.1. The summed E-state index contributed by atoms with van der Waals surface area (Å²) in [4.78, 5) is 102. The van der Waals surface area contributed by atoms with Gasteiger partial charge in [-0.15, -0.1) is 3.89 Å². The van der Waals surface area contributed by atoms with Gasteiger partial charge in [0.25, 0.3) is 11.8 Å². The van der Waals surface area contributed by atoms with Crippen LogP contribution in [-0.2, 0) is 39.0 Å². The van der Waals surface area contributed by atoms with E-state index in [4.69, 9.17) is 4.74 Å². The molecule has 388 valence electrons. The highest BCUT2D eigenvalue weighted by atomic mass is 32.3. The number of ether oxygens (including phenoxy) is 1. The van der Waals surface area contributed by atoms with Crippen LogP contribution in [0.3, 0.4) is 0 Å². The van der Waals surface area contributed by atoms with Gasteiger partial charge in [0.15, 0.2) is 0 Å². The van der Waals surface area contributed by atoms with E-state index < -0.39 is 89.2 Å². The summed E-state index contributed by atoms with van der Waals surface area (Å²) in [6.45, 7) is 1.02. The highest BCUT2D eigenvalue weighted by Crippen LogP contribution is 2.33. The SMILES string of the molecule is O=C(O)CN1CCN(CC(=O)O)CCN(C(CCC(=O)N2CCN(CCCOc3ccc4nccc(C(=O)NCC(=O)N5CC(F)(F)CC5CS(=O)(=O)F)c4c3)CC2)C(=O)O)CCN(CC(=O)O)CC1. The number of carboxylic acid groups (broad SMARTS) is 4. The van der Waals surface area contributed by atoms with Gasteiger partial charge in [0, 0.05) is 110 Å². The molecule has 5 rings (SSSR count). The Morgan fingerprint density at radius 1 is 0.771 bits per heavy atom. The summed E-state index contributed by atoms with van der Waals surface area (Å²) in [7, 11) is -5.16. The third-order valence-corrected chi connectivity index (χ3v) is 13.1. The lowest BCUT2D eigenvalue weighted by atomic mass is 10.1. The van der Waals surface area contributed by atoms with Gasteiger partial charge in [-0.3, -0.25) is 63.0 Å². The van der Waals surface area contributed by atoms with Gasteiger partial charge in [-0.25, -0.2) is 8.78 Å². The van der Waals surface area contributed by atoms with Crippen LogP contribution in [0.4, 0.5) is 12.7 Å². The minimum absolute atomic E-state index is 0.0476. The minimum Gasteiger partial charge on any atom is -0.494 e. The van der Waals surface area contributed by atoms with Gasteiger partial charge in [-0.2, -0.15) is 8.42 Å². The largest absolute Gasteiger partial charge is 0.494 e.